The van der Waals surface area contributed by atoms with E-state index in [2.05, 4.69) is 9.97 Å². The van der Waals surface area contributed by atoms with E-state index in [-0.39, 0.29) is 5.95 Å². The van der Waals surface area contributed by atoms with Gasteiger partial charge in [0, 0.05) is 0 Å². The molecule has 1 aromatic heterocycles. The van der Waals surface area contributed by atoms with Crippen molar-refractivity contribution in [2.24, 2.45) is 0 Å². The molecular weight excluding hydrogens is 160 g/mol. The highest BCUT2D eigenvalue weighted by Crippen LogP contribution is 2.22. The van der Waals surface area contributed by atoms with E-state index in [1.165, 1.54) is 11.8 Å². The molecule has 0 aliphatic heterocycles. The van der Waals surface area contributed by atoms with Crippen LogP contribution in [0.4, 0.5) is 11.6 Å². The largest absolute Gasteiger partial charge is 0.395 e. The second kappa shape index (κ2) is 2.96. The first-order chi connectivity index (χ1) is 5.15. The Morgan fingerprint density at radius 3 is 2.45 bits per heavy atom. The van der Waals surface area contributed by atoms with Crippen molar-refractivity contribution in [2.75, 3.05) is 17.7 Å². The van der Waals surface area contributed by atoms with Crippen LogP contribution in [0.15, 0.2) is 5.03 Å². The molecule has 0 fully saturated rings. The van der Waals surface area contributed by atoms with E-state index in [4.69, 9.17) is 11.5 Å². The summed E-state index contributed by atoms with van der Waals surface area (Å²) in [6.07, 6.45) is 1.90. The molecule has 4 N–H and O–H groups in total. The Labute approximate surface area is 69.4 Å². The van der Waals surface area contributed by atoms with Crippen LogP contribution >= 0.6 is 11.8 Å². The first kappa shape index (κ1) is 8.13. The van der Waals surface area contributed by atoms with Crippen LogP contribution in [0.5, 0.6) is 0 Å². The SMILES string of the molecule is CSc1nc(N)nc(C)c1N. The standard InChI is InChI=1S/C6H10N4S/c1-3-4(7)5(11-2)10-6(8)9-3/h7H2,1-2H3,(H2,8,9,10). The fraction of sp³-hybridized carbons (Fsp3) is 0.333. The van der Waals surface area contributed by atoms with Gasteiger partial charge in [-0.3, -0.25) is 0 Å². The van der Waals surface area contributed by atoms with Crippen molar-refractivity contribution >= 4 is 23.4 Å². The Bertz CT molecular complexity index is 274. The summed E-state index contributed by atoms with van der Waals surface area (Å²) in [5.41, 5.74) is 12.4. The van der Waals surface area contributed by atoms with E-state index in [0.717, 1.165) is 10.7 Å². The zero-order chi connectivity index (χ0) is 8.43. The summed E-state index contributed by atoms with van der Waals surface area (Å²) >= 11 is 1.47. The van der Waals surface area contributed by atoms with E-state index < -0.39 is 0 Å². The van der Waals surface area contributed by atoms with Crippen molar-refractivity contribution in [3.8, 4) is 0 Å². The lowest BCUT2D eigenvalue weighted by Gasteiger charge is -2.04. The average molecular weight is 170 g/mol. The molecule has 1 heterocycles. The van der Waals surface area contributed by atoms with Crippen LogP contribution < -0.4 is 11.5 Å². The van der Waals surface area contributed by atoms with Gasteiger partial charge in [0.1, 0.15) is 5.03 Å². The molecule has 60 valence electrons. The lowest BCUT2D eigenvalue weighted by Crippen LogP contribution is -2.03. The second-order valence-electron chi connectivity index (χ2n) is 2.09. The number of hydrogen-bond donors (Lipinski definition) is 2. The quantitative estimate of drug-likeness (QED) is 0.478. The number of hydrogen-bond acceptors (Lipinski definition) is 5. The summed E-state index contributed by atoms with van der Waals surface area (Å²) < 4.78 is 0. The van der Waals surface area contributed by atoms with Gasteiger partial charge in [-0.05, 0) is 13.2 Å². The third kappa shape index (κ3) is 1.54. The Hall–Kier alpha value is -0.970. The third-order valence-electron chi connectivity index (χ3n) is 1.31. The van der Waals surface area contributed by atoms with Gasteiger partial charge in [0.15, 0.2) is 0 Å². The maximum Gasteiger partial charge on any atom is 0.221 e. The van der Waals surface area contributed by atoms with Crippen molar-refractivity contribution in [1.82, 2.24) is 9.97 Å². The molecule has 0 saturated carbocycles. The van der Waals surface area contributed by atoms with Crippen molar-refractivity contribution < 1.29 is 0 Å². The smallest absolute Gasteiger partial charge is 0.221 e. The third-order valence-corrected chi connectivity index (χ3v) is 2.01. The van der Waals surface area contributed by atoms with E-state index in [9.17, 15) is 0 Å². The van der Waals surface area contributed by atoms with Gasteiger partial charge in [0.05, 0.1) is 11.4 Å². The summed E-state index contributed by atoms with van der Waals surface area (Å²) in [4.78, 5) is 7.87. The highest BCUT2D eigenvalue weighted by atomic mass is 32.2. The Morgan fingerprint density at radius 2 is 1.91 bits per heavy atom. The Balaban J connectivity index is 3.24. The molecule has 5 heteroatoms. The molecule has 11 heavy (non-hydrogen) atoms. The first-order valence-electron chi connectivity index (χ1n) is 3.08. The number of rotatable bonds is 1. The topological polar surface area (TPSA) is 77.8 Å². The minimum Gasteiger partial charge on any atom is -0.395 e. The van der Waals surface area contributed by atoms with Crippen LogP contribution in [0.25, 0.3) is 0 Å². The molecule has 0 unspecified atom stereocenters. The number of anilines is 2. The molecule has 1 aromatic rings. The maximum absolute atomic E-state index is 5.66. The summed E-state index contributed by atoms with van der Waals surface area (Å²) in [7, 11) is 0. The minimum absolute atomic E-state index is 0.279. The number of nitrogen functional groups attached to an aromatic ring is 2. The zero-order valence-corrected chi connectivity index (χ0v) is 7.27. The van der Waals surface area contributed by atoms with Gasteiger partial charge in [-0.1, -0.05) is 0 Å². The minimum atomic E-state index is 0.279. The van der Waals surface area contributed by atoms with Gasteiger partial charge in [-0.15, -0.1) is 11.8 Å². The number of thioether (sulfide) groups is 1. The maximum atomic E-state index is 5.66. The highest BCUT2D eigenvalue weighted by molar-refractivity contribution is 7.98. The molecule has 4 nitrogen and oxygen atoms in total. The molecule has 0 saturated heterocycles. The molecule has 1 rings (SSSR count). The summed E-state index contributed by atoms with van der Waals surface area (Å²) in [5, 5.41) is 0.745. The van der Waals surface area contributed by atoms with Crippen LogP contribution in [0, 0.1) is 6.92 Å². The average Bonchev–Trinajstić information content (AvgIpc) is 1.96. The predicted molar refractivity (Wildman–Crippen MR) is 47.4 cm³/mol. The summed E-state index contributed by atoms with van der Waals surface area (Å²) in [6.45, 7) is 1.81. The normalized spacial score (nSPS) is 10.0. The van der Waals surface area contributed by atoms with E-state index in [1.54, 1.807) is 0 Å². The first-order valence-corrected chi connectivity index (χ1v) is 4.31. The molecule has 0 aliphatic rings. The Morgan fingerprint density at radius 1 is 1.27 bits per heavy atom. The number of nitrogens with zero attached hydrogens (tertiary/aromatic N) is 2. The van der Waals surface area contributed by atoms with E-state index >= 15 is 0 Å². The fourth-order valence-corrected chi connectivity index (χ4v) is 1.28. The number of nitrogens with two attached hydrogens (primary N) is 2. The van der Waals surface area contributed by atoms with Crippen molar-refractivity contribution in [3.63, 3.8) is 0 Å². The number of aryl methyl sites for hydroxylation is 1. The Kier molecular flexibility index (Phi) is 2.19. The van der Waals surface area contributed by atoms with Crippen molar-refractivity contribution in [3.05, 3.63) is 5.69 Å². The van der Waals surface area contributed by atoms with E-state index in [1.807, 2.05) is 13.2 Å². The predicted octanol–water partition coefficient (Wildman–Crippen LogP) is 0.671. The molecule has 0 spiro atoms. The van der Waals surface area contributed by atoms with Gasteiger partial charge >= 0.3 is 0 Å². The fourth-order valence-electron chi connectivity index (χ4n) is 0.732. The molecule has 0 bridgehead atoms. The van der Waals surface area contributed by atoms with Crippen LogP contribution in [-0.4, -0.2) is 16.2 Å². The number of aromatic nitrogens is 2. The molecule has 0 atom stereocenters. The van der Waals surface area contributed by atoms with Crippen molar-refractivity contribution in [2.45, 2.75) is 11.9 Å². The van der Waals surface area contributed by atoms with Gasteiger partial charge in [-0.2, -0.15) is 0 Å². The zero-order valence-electron chi connectivity index (χ0n) is 6.46. The van der Waals surface area contributed by atoms with Gasteiger partial charge in [0.2, 0.25) is 5.95 Å². The van der Waals surface area contributed by atoms with Crippen LogP contribution in [0.1, 0.15) is 5.69 Å². The summed E-state index contributed by atoms with van der Waals surface area (Å²) in [5.74, 6) is 0.279. The molecule has 0 aliphatic carbocycles. The van der Waals surface area contributed by atoms with Crippen LogP contribution in [0.3, 0.4) is 0 Å². The van der Waals surface area contributed by atoms with Gasteiger partial charge in [-0.25, -0.2) is 9.97 Å². The molecular formula is C6H10N4S. The molecule has 0 radical (unpaired) electrons. The summed E-state index contributed by atoms with van der Waals surface area (Å²) in [6, 6.07) is 0. The lowest BCUT2D eigenvalue weighted by atomic mass is 10.4. The highest BCUT2D eigenvalue weighted by Gasteiger charge is 2.04. The molecule has 0 aromatic carbocycles. The monoisotopic (exact) mass is 170 g/mol. The van der Waals surface area contributed by atoms with Gasteiger partial charge in [0.25, 0.3) is 0 Å². The van der Waals surface area contributed by atoms with Gasteiger partial charge < -0.3 is 11.5 Å². The van der Waals surface area contributed by atoms with E-state index in [0.29, 0.717) is 5.69 Å². The second-order valence-corrected chi connectivity index (χ2v) is 2.89. The van der Waals surface area contributed by atoms with Crippen LogP contribution in [-0.2, 0) is 0 Å². The molecule has 0 amide bonds. The lowest BCUT2D eigenvalue weighted by molar-refractivity contribution is 1.04. The van der Waals surface area contributed by atoms with Crippen LogP contribution in [0.2, 0.25) is 0 Å². The van der Waals surface area contributed by atoms with Crippen molar-refractivity contribution in [1.29, 1.82) is 0 Å².